The lowest BCUT2D eigenvalue weighted by molar-refractivity contribution is 0.102. The standard InChI is InChI=1S/C19H22ClN3O3/c1-12(2)26-16-11-14(24)5-6-15(16)21-19(25)13-9-17(20)22-18(10-13)23-7-3-4-8-23/h5-6,9-12,24H,3-4,7-8H2,1-2H3,(H,21,25). The number of phenols is 1. The molecule has 1 aromatic carbocycles. The molecule has 6 nitrogen and oxygen atoms in total. The Morgan fingerprint density at radius 1 is 1.27 bits per heavy atom. The molecule has 2 heterocycles. The first kappa shape index (κ1) is 18.3. The van der Waals surface area contributed by atoms with E-state index >= 15 is 0 Å². The van der Waals surface area contributed by atoms with Crippen molar-refractivity contribution in [1.82, 2.24) is 4.98 Å². The van der Waals surface area contributed by atoms with E-state index in [9.17, 15) is 9.90 Å². The Labute approximate surface area is 157 Å². The minimum absolute atomic E-state index is 0.0712. The van der Waals surface area contributed by atoms with Crippen LogP contribution >= 0.6 is 11.6 Å². The molecule has 0 aliphatic carbocycles. The lowest BCUT2D eigenvalue weighted by atomic mass is 10.2. The molecule has 1 aliphatic rings. The topological polar surface area (TPSA) is 74.7 Å². The summed E-state index contributed by atoms with van der Waals surface area (Å²) in [5.74, 6) is 0.883. The van der Waals surface area contributed by atoms with Crippen molar-refractivity contribution in [2.24, 2.45) is 0 Å². The molecular formula is C19H22ClN3O3. The molecule has 0 bridgehead atoms. The van der Waals surface area contributed by atoms with Gasteiger partial charge in [-0.05, 0) is 51.0 Å². The average molecular weight is 376 g/mol. The van der Waals surface area contributed by atoms with Gasteiger partial charge in [-0.3, -0.25) is 4.79 Å². The number of phenolic OH excluding ortho intramolecular Hbond substituents is 1. The van der Waals surface area contributed by atoms with Gasteiger partial charge in [0.1, 0.15) is 22.5 Å². The number of rotatable bonds is 5. The Morgan fingerprint density at radius 3 is 2.69 bits per heavy atom. The Morgan fingerprint density at radius 2 is 2.00 bits per heavy atom. The minimum atomic E-state index is -0.311. The zero-order chi connectivity index (χ0) is 18.7. The molecule has 1 amide bonds. The van der Waals surface area contributed by atoms with Gasteiger partial charge in [0, 0.05) is 24.7 Å². The Kier molecular flexibility index (Phi) is 5.52. The molecule has 7 heteroatoms. The molecular weight excluding hydrogens is 354 g/mol. The van der Waals surface area contributed by atoms with Gasteiger partial charge in [0.15, 0.2) is 0 Å². The molecule has 0 spiro atoms. The third kappa shape index (κ3) is 4.38. The molecule has 0 saturated carbocycles. The summed E-state index contributed by atoms with van der Waals surface area (Å²) in [5.41, 5.74) is 0.910. The van der Waals surface area contributed by atoms with Gasteiger partial charge in [-0.2, -0.15) is 0 Å². The molecule has 1 saturated heterocycles. The number of ether oxygens (including phenoxy) is 1. The maximum atomic E-state index is 12.7. The second-order valence-corrected chi connectivity index (χ2v) is 6.92. The molecule has 2 aromatic rings. The highest BCUT2D eigenvalue weighted by molar-refractivity contribution is 6.30. The summed E-state index contributed by atoms with van der Waals surface area (Å²) in [4.78, 5) is 19.2. The number of carbonyl (C=O) groups is 1. The average Bonchev–Trinajstić information content (AvgIpc) is 3.11. The van der Waals surface area contributed by atoms with Crippen LogP contribution in [0.2, 0.25) is 5.15 Å². The van der Waals surface area contributed by atoms with Gasteiger partial charge in [-0.15, -0.1) is 0 Å². The fraction of sp³-hybridized carbons (Fsp3) is 0.368. The van der Waals surface area contributed by atoms with Crippen molar-refractivity contribution in [2.45, 2.75) is 32.8 Å². The highest BCUT2D eigenvalue weighted by Gasteiger charge is 2.18. The van der Waals surface area contributed by atoms with Crippen LogP contribution in [0.1, 0.15) is 37.0 Å². The van der Waals surface area contributed by atoms with Crippen LogP contribution in [-0.2, 0) is 0 Å². The molecule has 1 fully saturated rings. The smallest absolute Gasteiger partial charge is 0.256 e. The second-order valence-electron chi connectivity index (χ2n) is 6.53. The Bertz CT molecular complexity index is 805. The van der Waals surface area contributed by atoms with E-state index in [2.05, 4.69) is 15.2 Å². The monoisotopic (exact) mass is 375 g/mol. The number of nitrogens with zero attached hydrogens (tertiary/aromatic N) is 2. The molecule has 1 aromatic heterocycles. The van der Waals surface area contributed by atoms with Crippen LogP contribution in [0, 0.1) is 0 Å². The number of carbonyl (C=O) groups excluding carboxylic acids is 1. The molecule has 0 unspecified atom stereocenters. The number of hydrogen-bond donors (Lipinski definition) is 2. The second kappa shape index (κ2) is 7.83. The highest BCUT2D eigenvalue weighted by atomic mass is 35.5. The van der Waals surface area contributed by atoms with Crippen LogP contribution in [0.5, 0.6) is 11.5 Å². The number of anilines is 2. The van der Waals surface area contributed by atoms with E-state index in [1.54, 1.807) is 18.2 Å². The van der Waals surface area contributed by atoms with Gasteiger partial charge >= 0.3 is 0 Å². The highest BCUT2D eigenvalue weighted by Crippen LogP contribution is 2.30. The third-order valence-corrected chi connectivity index (χ3v) is 4.24. The summed E-state index contributed by atoms with van der Waals surface area (Å²) in [6.45, 7) is 5.58. The number of pyridine rings is 1. The summed E-state index contributed by atoms with van der Waals surface area (Å²) in [7, 11) is 0. The van der Waals surface area contributed by atoms with Gasteiger partial charge in [-0.25, -0.2) is 4.98 Å². The van der Waals surface area contributed by atoms with E-state index in [0.29, 0.717) is 22.8 Å². The predicted molar refractivity (Wildman–Crippen MR) is 103 cm³/mol. The molecule has 26 heavy (non-hydrogen) atoms. The maximum absolute atomic E-state index is 12.7. The molecule has 138 valence electrons. The number of amides is 1. The first-order valence-corrected chi connectivity index (χ1v) is 9.04. The molecule has 0 atom stereocenters. The first-order chi connectivity index (χ1) is 12.4. The quantitative estimate of drug-likeness (QED) is 0.608. The zero-order valence-corrected chi connectivity index (χ0v) is 15.6. The summed E-state index contributed by atoms with van der Waals surface area (Å²) in [6.07, 6.45) is 2.13. The molecule has 2 N–H and O–H groups in total. The lowest BCUT2D eigenvalue weighted by Gasteiger charge is -2.18. The molecule has 1 aliphatic heterocycles. The van der Waals surface area contributed by atoms with Crippen molar-refractivity contribution in [3.63, 3.8) is 0 Å². The summed E-state index contributed by atoms with van der Waals surface area (Å²) < 4.78 is 5.67. The van der Waals surface area contributed by atoms with E-state index in [1.807, 2.05) is 13.8 Å². The Hall–Kier alpha value is -2.47. The lowest BCUT2D eigenvalue weighted by Crippen LogP contribution is -2.20. The number of nitrogens with one attached hydrogen (secondary N) is 1. The first-order valence-electron chi connectivity index (χ1n) is 8.66. The fourth-order valence-electron chi connectivity index (χ4n) is 2.88. The van der Waals surface area contributed by atoms with E-state index < -0.39 is 0 Å². The molecule has 0 radical (unpaired) electrons. The number of benzene rings is 1. The Balaban J connectivity index is 1.84. The number of aromatic nitrogens is 1. The van der Waals surface area contributed by atoms with Crippen molar-refractivity contribution in [3.05, 3.63) is 41.0 Å². The number of halogens is 1. The van der Waals surface area contributed by atoms with Crippen molar-refractivity contribution in [1.29, 1.82) is 0 Å². The zero-order valence-electron chi connectivity index (χ0n) is 14.8. The van der Waals surface area contributed by atoms with Crippen molar-refractivity contribution in [2.75, 3.05) is 23.3 Å². The summed E-state index contributed by atoms with van der Waals surface area (Å²) in [6, 6.07) is 7.87. The number of aromatic hydroxyl groups is 1. The van der Waals surface area contributed by atoms with Crippen LogP contribution in [0.25, 0.3) is 0 Å². The van der Waals surface area contributed by atoms with Gasteiger partial charge in [0.2, 0.25) is 0 Å². The van der Waals surface area contributed by atoms with E-state index in [4.69, 9.17) is 16.3 Å². The minimum Gasteiger partial charge on any atom is -0.508 e. The van der Waals surface area contributed by atoms with Crippen molar-refractivity contribution >= 4 is 29.0 Å². The van der Waals surface area contributed by atoms with Crippen LogP contribution < -0.4 is 15.0 Å². The molecule has 3 rings (SSSR count). The van der Waals surface area contributed by atoms with Crippen LogP contribution in [0.3, 0.4) is 0 Å². The van der Waals surface area contributed by atoms with Gasteiger partial charge < -0.3 is 20.1 Å². The van der Waals surface area contributed by atoms with Crippen LogP contribution in [0.15, 0.2) is 30.3 Å². The van der Waals surface area contributed by atoms with E-state index in [1.165, 1.54) is 12.1 Å². The van der Waals surface area contributed by atoms with E-state index in [-0.39, 0.29) is 22.9 Å². The van der Waals surface area contributed by atoms with Crippen LogP contribution in [0.4, 0.5) is 11.5 Å². The van der Waals surface area contributed by atoms with Crippen molar-refractivity contribution in [3.8, 4) is 11.5 Å². The summed E-state index contributed by atoms with van der Waals surface area (Å²) >= 11 is 6.12. The SMILES string of the molecule is CC(C)Oc1cc(O)ccc1NC(=O)c1cc(Cl)nc(N2CCCC2)c1. The van der Waals surface area contributed by atoms with Crippen molar-refractivity contribution < 1.29 is 14.6 Å². The third-order valence-electron chi connectivity index (χ3n) is 4.05. The van der Waals surface area contributed by atoms with Gasteiger partial charge in [-0.1, -0.05) is 11.6 Å². The van der Waals surface area contributed by atoms with Crippen LogP contribution in [-0.4, -0.2) is 35.2 Å². The fourth-order valence-corrected chi connectivity index (χ4v) is 3.09. The summed E-state index contributed by atoms with van der Waals surface area (Å²) in [5, 5.41) is 12.8. The largest absolute Gasteiger partial charge is 0.508 e. The number of hydrogen-bond acceptors (Lipinski definition) is 5. The van der Waals surface area contributed by atoms with E-state index in [0.717, 1.165) is 25.9 Å². The predicted octanol–water partition coefficient (Wildman–Crippen LogP) is 4.08. The normalized spacial score (nSPS) is 13.9. The van der Waals surface area contributed by atoms with Gasteiger partial charge in [0.05, 0.1) is 11.8 Å². The van der Waals surface area contributed by atoms with Gasteiger partial charge in [0.25, 0.3) is 5.91 Å². The maximum Gasteiger partial charge on any atom is 0.256 e.